The van der Waals surface area contributed by atoms with Crippen molar-refractivity contribution in [2.75, 3.05) is 13.1 Å². The van der Waals surface area contributed by atoms with Gasteiger partial charge in [0, 0.05) is 55.0 Å². The first kappa shape index (κ1) is 24.7. The normalized spacial score (nSPS) is 20.1. The first-order chi connectivity index (χ1) is 16.0. The summed E-state index contributed by atoms with van der Waals surface area (Å²) in [7, 11) is 0. The molecule has 4 rings (SSSR count). The molecule has 0 saturated carbocycles. The van der Waals surface area contributed by atoms with Crippen LogP contribution in [0.5, 0.6) is 0 Å². The molecule has 13 heteroatoms. The van der Waals surface area contributed by atoms with Crippen LogP contribution in [0.3, 0.4) is 0 Å². The number of carbonyl (C=O) groups is 1. The van der Waals surface area contributed by atoms with E-state index in [0.717, 1.165) is 12.1 Å². The number of halogens is 3. The number of likely N-dealkylation sites (tertiary alicyclic amines) is 1. The third-order valence-corrected chi connectivity index (χ3v) is 7.01. The molecule has 3 atom stereocenters. The Bertz CT molecular complexity index is 1180. The molecule has 1 unspecified atom stereocenters. The van der Waals surface area contributed by atoms with Gasteiger partial charge in [0.2, 0.25) is 3.79 Å². The second-order valence-corrected chi connectivity index (χ2v) is 11.1. The quantitative estimate of drug-likeness (QED) is 0.200. The van der Waals surface area contributed by atoms with Gasteiger partial charge in [-0.25, -0.2) is 0 Å². The number of alkyl halides is 3. The van der Waals surface area contributed by atoms with E-state index in [0.29, 0.717) is 24.7 Å². The molecule has 2 aromatic rings. The van der Waals surface area contributed by atoms with Crippen molar-refractivity contribution < 1.29 is 9.72 Å². The molecule has 9 nitrogen and oxygen atoms in total. The zero-order valence-corrected chi connectivity index (χ0v) is 20.7. The second-order valence-electron chi connectivity index (χ2n) is 8.30. The monoisotopic (exact) mass is 543 g/mol. The summed E-state index contributed by atoms with van der Waals surface area (Å²) in [5.41, 5.74) is 0.979. The summed E-state index contributed by atoms with van der Waals surface area (Å²) >= 11 is 23.9. The van der Waals surface area contributed by atoms with Crippen molar-refractivity contribution in [3.05, 3.63) is 74.2 Å². The summed E-state index contributed by atoms with van der Waals surface area (Å²) in [4.78, 5) is 37.1. The molecule has 0 radical (unpaired) electrons. The fraction of sp³-hybridized carbons (Fsp3) is 0.381. The number of nitrogens with zero attached hydrogens (tertiary/aromatic N) is 3. The maximum absolute atomic E-state index is 12.7. The van der Waals surface area contributed by atoms with Gasteiger partial charge in [-0.15, -0.1) is 0 Å². The molecule has 3 heterocycles. The number of nitro benzene ring substituents is 1. The number of nitrogens with one attached hydrogen (secondary N) is 2. The summed E-state index contributed by atoms with van der Waals surface area (Å²) in [6.07, 6.45) is -0.211. The van der Waals surface area contributed by atoms with Gasteiger partial charge < -0.3 is 20.1 Å². The molecule has 0 aliphatic carbocycles. The van der Waals surface area contributed by atoms with E-state index in [1.54, 1.807) is 12.1 Å². The van der Waals surface area contributed by atoms with Crippen molar-refractivity contribution in [1.82, 2.24) is 20.1 Å². The fourth-order valence-corrected chi connectivity index (χ4v) is 5.02. The summed E-state index contributed by atoms with van der Waals surface area (Å²) in [5.74, 6) is -0.237. The average Bonchev–Trinajstić information content (AvgIpc) is 2.78. The van der Waals surface area contributed by atoms with Gasteiger partial charge in [0.05, 0.1) is 4.92 Å². The van der Waals surface area contributed by atoms with E-state index < -0.39 is 20.8 Å². The molecular formula is C21H20Cl3N5O4S. The van der Waals surface area contributed by atoms with Crippen molar-refractivity contribution in [2.45, 2.75) is 28.8 Å². The van der Waals surface area contributed by atoms with E-state index in [2.05, 4.69) is 10.6 Å². The van der Waals surface area contributed by atoms with Crippen LogP contribution in [0.2, 0.25) is 0 Å². The van der Waals surface area contributed by atoms with Crippen LogP contribution < -0.4 is 16.2 Å². The van der Waals surface area contributed by atoms with E-state index in [-0.39, 0.29) is 28.6 Å². The lowest BCUT2D eigenvalue weighted by atomic mass is 9.83. The van der Waals surface area contributed by atoms with E-state index in [9.17, 15) is 19.7 Å². The number of non-ortho nitro benzene ring substituents is 1. The number of thiocarbonyl (C=S) groups is 1. The topological polar surface area (TPSA) is 110 Å². The van der Waals surface area contributed by atoms with Crippen LogP contribution in [0.25, 0.3) is 0 Å². The Balaban J connectivity index is 1.46. The highest BCUT2D eigenvalue weighted by Crippen LogP contribution is 2.35. The first-order valence-corrected chi connectivity index (χ1v) is 11.9. The van der Waals surface area contributed by atoms with Gasteiger partial charge in [0.25, 0.3) is 17.2 Å². The molecular weight excluding hydrogens is 525 g/mol. The number of amides is 1. The number of pyridine rings is 1. The van der Waals surface area contributed by atoms with E-state index >= 15 is 0 Å². The number of hydrogen-bond acceptors (Lipinski definition) is 5. The van der Waals surface area contributed by atoms with Crippen LogP contribution in [-0.4, -0.2) is 48.5 Å². The van der Waals surface area contributed by atoms with Gasteiger partial charge in [0.15, 0.2) is 5.11 Å². The number of piperidine rings is 1. The lowest BCUT2D eigenvalue weighted by Gasteiger charge is -2.44. The summed E-state index contributed by atoms with van der Waals surface area (Å²) in [5, 5.41) is 16.7. The molecule has 34 heavy (non-hydrogen) atoms. The van der Waals surface area contributed by atoms with Crippen molar-refractivity contribution in [3.63, 3.8) is 0 Å². The summed E-state index contributed by atoms with van der Waals surface area (Å²) in [6.45, 7) is 1.80. The SMILES string of the molecule is O=C(NC(NC(=S)N1C[C@@H]2C[C@H](C1)c1cccc(=O)n1C2)C(Cl)(Cl)Cl)c1ccc([N+](=O)[O-])cc1. The zero-order valence-electron chi connectivity index (χ0n) is 17.6. The minimum atomic E-state index is -1.94. The van der Waals surface area contributed by atoms with Crippen LogP contribution in [0.1, 0.15) is 28.4 Å². The number of aromatic nitrogens is 1. The van der Waals surface area contributed by atoms with Crippen LogP contribution in [0.15, 0.2) is 47.3 Å². The molecule has 1 aromatic heterocycles. The second kappa shape index (κ2) is 9.69. The molecule has 2 aliphatic heterocycles. The van der Waals surface area contributed by atoms with Crippen LogP contribution in [0, 0.1) is 16.0 Å². The number of carbonyl (C=O) groups excluding carboxylic acids is 1. The zero-order chi connectivity index (χ0) is 24.6. The highest BCUT2D eigenvalue weighted by molar-refractivity contribution is 7.80. The van der Waals surface area contributed by atoms with Crippen molar-refractivity contribution in [3.8, 4) is 0 Å². The van der Waals surface area contributed by atoms with Crippen molar-refractivity contribution in [1.29, 1.82) is 0 Å². The fourth-order valence-electron chi connectivity index (χ4n) is 4.43. The number of benzene rings is 1. The van der Waals surface area contributed by atoms with Gasteiger partial charge in [-0.2, -0.15) is 0 Å². The molecule has 1 fully saturated rings. The van der Waals surface area contributed by atoms with Crippen LogP contribution in [0.4, 0.5) is 5.69 Å². The van der Waals surface area contributed by atoms with Gasteiger partial charge in [0.1, 0.15) is 6.17 Å². The maximum atomic E-state index is 12.7. The Kier molecular flexibility index (Phi) is 7.04. The minimum absolute atomic E-state index is 0.00780. The van der Waals surface area contributed by atoms with E-state index in [1.807, 2.05) is 15.5 Å². The summed E-state index contributed by atoms with van der Waals surface area (Å²) < 4.78 is -0.118. The Hall–Kier alpha value is -2.40. The predicted octanol–water partition coefficient (Wildman–Crippen LogP) is 3.18. The van der Waals surface area contributed by atoms with Gasteiger partial charge in [-0.1, -0.05) is 40.9 Å². The van der Waals surface area contributed by atoms with Gasteiger partial charge in [-0.05, 0) is 42.8 Å². The van der Waals surface area contributed by atoms with Gasteiger partial charge in [-0.3, -0.25) is 19.7 Å². The molecule has 2 aliphatic rings. The molecule has 0 spiro atoms. The first-order valence-electron chi connectivity index (χ1n) is 10.4. The third-order valence-electron chi connectivity index (χ3n) is 5.98. The molecule has 180 valence electrons. The molecule has 1 aromatic carbocycles. The van der Waals surface area contributed by atoms with Crippen LogP contribution in [-0.2, 0) is 6.54 Å². The highest BCUT2D eigenvalue weighted by atomic mass is 35.6. The summed E-state index contributed by atoms with van der Waals surface area (Å²) in [6, 6.07) is 10.3. The molecule has 1 amide bonds. The minimum Gasteiger partial charge on any atom is -0.348 e. The number of hydrogen-bond donors (Lipinski definition) is 2. The van der Waals surface area contributed by atoms with Crippen LogP contribution >= 0.6 is 47.0 Å². The van der Waals surface area contributed by atoms with Crippen molar-refractivity contribution in [2.24, 2.45) is 5.92 Å². The average molecular weight is 545 g/mol. The molecule has 2 bridgehead atoms. The Labute approximate surface area is 215 Å². The molecule has 1 saturated heterocycles. The number of rotatable bonds is 4. The predicted molar refractivity (Wildman–Crippen MR) is 133 cm³/mol. The number of fused-ring (bicyclic) bond motifs is 4. The lowest BCUT2D eigenvalue weighted by Crippen LogP contribution is -2.60. The van der Waals surface area contributed by atoms with Gasteiger partial charge >= 0.3 is 0 Å². The Morgan fingerprint density at radius 1 is 1.12 bits per heavy atom. The van der Waals surface area contributed by atoms with E-state index in [4.69, 9.17) is 47.0 Å². The standard InChI is InChI=1S/C21H20Cl3N5O4S/c22-21(23,24)19(25-18(31)13-4-6-15(7-5-13)29(32)33)26-20(34)27-9-12-8-14(11-27)16-2-1-3-17(30)28(16)10-12/h1-7,12,14,19H,8-11H2,(H,25,31)(H,26,34)/t12-,14+,19?/m0/s1. The maximum Gasteiger partial charge on any atom is 0.269 e. The highest BCUT2D eigenvalue weighted by Gasteiger charge is 2.39. The largest absolute Gasteiger partial charge is 0.348 e. The smallest absolute Gasteiger partial charge is 0.269 e. The Morgan fingerprint density at radius 2 is 1.82 bits per heavy atom. The Morgan fingerprint density at radius 3 is 2.47 bits per heavy atom. The van der Waals surface area contributed by atoms with E-state index in [1.165, 1.54) is 24.3 Å². The number of nitro groups is 1. The third kappa shape index (κ3) is 5.30. The van der Waals surface area contributed by atoms with Crippen molar-refractivity contribution >= 4 is 63.7 Å². The molecule has 2 N–H and O–H groups in total. The lowest BCUT2D eigenvalue weighted by molar-refractivity contribution is -0.384.